The molecular formula is C26H31NO. The zero-order valence-corrected chi connectivity index (χ0v) is 17.5. The predicted molar refractivity (Wildman–Crippen MR) is 121 cm³/mol. The summed E-state index contributed by atoms with van der Waals surface area (Å²) in [5, 5.41) is 3.73. The molecule has 1 atom stereocenters. The first-order valence-electron chi connectivity index (χ1n) is 9.86. The molecule has 1 aromatic carbocycles. The lowest BCUT2D eigenvalue weighted by atomic mass is 9.74. The van der Waals surface area contributed by atoms with Crippen LogP contribution in [0.4, 0.5) is 5.69 Å². The first kappa shape index (κ1) is 20.0. The third-order valence-electron chi connectivity index (χ3n) is 5.88. The van der Waals surface area contributed by atoms with Crippen molar-refractivity contribution < 1.29 is 4.74 Å². The summed E-state index contributed by atoms with van der Waals surface area (Å²) in [6, 6.07) is 8.18. The monoisotopic (exact) mass is 373 g/mol. The fraction of sp³-hybridized carbons (Fsp3) is 0.308. The maximum absolute atomic E-state index is 5.27. The van der Waals surface area contributed by atoms with Gasteiger partial charge >= 0.3 is 0 Å². The van der Waals surface area contributed by atoms with E-state index in [2.05, 4.69) is 87.8 Å². The highest BCUT2D eigenvalue weighted by Gasteiger charge is 2.42. The Bertz CT molecular complexity index is 893. The van der Waals surface area contributed by atoms with Crippen molar-refractivity contribution in [2.24, 2.45) is 5.41 Å². The van der Waals surface area contributed by atoms with Gasteiger partial charge in [0.2, 0.25) is 0 Å². The highest BCUT2D eigenvalue weighted by Crippen LogP contribution is 2.54. The van der Waals surface area contributed by atoms with Crippen LogP contribution < -0.4 is 10.1 Å². The number of hydrogen-bond acceptors (Lipinski definition) is 2. The number of nitrogens with one attached hydrogen (secondary N) is 1. The maximum Gasteiger partial charge on any atom is 0.119 e. The third kappa shape index (κ3) is 3.52. The molecule has 4 rings (SSSR count). The molecule has 0 amide bonds. The van der Waals surface area contributed by atoms with Gasteiger partial charge in [0.1, 0.15) is 5.75 Å². The molecule has 0 heterocycles. The quantitative estimate of drug-likeness (QED) is 0.590. The fourth-order valence-electron chi connectivity index (χ4n) is 4.38. The fourth-order valence-corrected chi connectivity index (χ4v) is 4.38. The van der Waals surface area contributed by atoms with Gasteiger partial charge < -0.3 is 10.1 Å². The van der Waals surface area contributed by atoms with Gasteiger partial charge in [0, 0.05) is 11.1 Å². The van der Waals surface area contributed by atoms with Crippen molar-refractivity contribution in [2.45, 2.75) is 39.2 Å². The molecule has 1 unspecified atom stereocenters. The predicted octanol–water partition coefficient (Wildman–Crippen LogP) is 6.78. The van der Waals surface area contributed by atoms with Gasteiger partial charge in [-0.25, -0.2) is 0 Å². The van der Waals surface area contributed by atoms with Crippen molar-refractivity contribution in [2.75, 3.05) is 12.4 Å². The number of anilines is 1. The molecule has 0 saturated heterocycles. The molecule has 1 aromatic rings. The molecular weight excluding hydrogens is 342 g/mol. The smallest absolute Gasteiger partial charge is 0.119 e. The molecule has 0 aliphatic heterocycles. The molecule has 0 fully saturated rings. The molecule has 1 N–H and O–H groups in total. The minimum atomic E-state index is -0.0884. The number of fused-ring (bicyclic) bond motifs is 2. The zero-order valence-electron chi connectivity index (χ0n) is 17.5. The summed E-state index contributed by atoms with van der Waals surface area (Å²) in [5.41, 5.74) is 6.95. The van der Waals surface area contributed by atoms with Crippen LogP contribution in [0.1, 0.15) is 33.6 Å². The molecule has 0 saturated carbocycles. The van der Waals surface area contributed by atoms with Crippen LogP contribution in [0.5, 0.6) is 5.75 Å². The Morgan fingerprint density at radius 3 is 2.43 bits per heavy atom. The topological polar surface area (TPSA) is 21.3 Å². The van der Waals surface area contributed by atoms with Gasteiger partial charge in [-0.05, 0) is 66.3 Å². The van der Waals surface area contributed by atoms with Crippen LogP contribution in [0.2, 0.25) is 0 Å². The Kier molecular flexibility index (Phi) is 5.51. The summed E-state index contributed by atoms with van der Waals surface area (Å²) in [6.07, 6.45) is 15.8. The second kappa shape index (κ2) is 7.71. The lowest BCUT2D eigenvalue weighted by molar-refractivity contribution is 0.415. The number of benzene rings is 1. The summed E-state index contributed by atoms with van der Waals surface area (Å²) in [5.74, 6) is 0.884. The van der Waals surface area contributed by atoms with E-state index in [0.29, 0.717) is 0 Å². The normalized spacial score (nSPS) is 24.1. The van der Waals surface area contributed by atoms with E-state index >= 15 is 0 Å². The van der Waals surface area contributed by atoms with E-state index < -0.39 is 0 Å². The van der Waals surface area contributed by atoms with Crippen LogP contribution >= 0.6 is 0 Å². The molecule has 3 aliphatic rings. The highest BCUT2D eigenvalue weighted by atomic mass is 16.5. The van der Waals surface area contributed by atoms with E-state index in [9.17, 15) is 0 Å². The summed E-state index contributed by atoms with van der Waals surface area (Å²) < 4.78 is 5.27. The third-order valence-corrected chi connectivity index (χ3v) is 5.88. The van der Waals surface area contributed by atoms with E-state index in [4.69, 9.17) is 4.74 Å². The van der Waals surface area contributed by atoms with Gasteiger partial charge in [-0.15, -0.1) is 13.2 Å². The minimum absolute atomic E-state index is 0.0729. The molecule has 2 heteroatoms. The van der Waals surface area contributed by atoms with E-state index in [1.807, 2.05) is 12.1 Å². The molecule has 28 heavy (non-hydrogen) atoms. The summed E-state index contributed by atoms with van der Waals surface area (Å²) in [4.78, 5) is 0. The van der Waals surface area contributed by atoms with Gasteiger partial charge in [-0.3, -0.25) is 0 Å². The highest BCUT2D eigenvalue weighted by molar-refractivity contribution is 5.69. The number of hydrogen-bond donors (Lipinski definition) is 1. The summed E-state index contributed by atoms with van der Waals surface area (Å²) >= 11 is 0. The largest absolute Gasteiger partial charge is 0.497 e. The van der Waals surface area contributed by atoms with Gasteiger partial charge in [0.05, 0.1) is 12.6 Å². The molecule has 0 aromatic heterocycles. The first-order chi connectivity index (χ1) is 13.4. The van der Waals surface area contributed by atoms with Crippen molar-refractivity contribution >= 4 is 5.69 Å². The van der Waals surface area contributed by atoms with Crippen molar-refractivity contribution in [1.82, 2.24) is 0 Å². The van der Waals surface area contributed by atoms with Crippen LogP contribution in [-0.4, -0.2) is 12.6 Å². The Labute approximate surface area is 169 Å². The van der Waals surface area contributed by atoms with Crippen LogP contribution in [0.15, 0.2) is 96.2 Å². The SMILES string of the molecule is C=C.COc1ccc(NC2(C)C=C3C(=CC2)C2=C(CC=CC=C2)C3(C)C)cc1. The molecule has 0 bridgehead atoms. The number of allylic oxidation sites excluding steroid dienone is 8. The van der Waals surface area contributed by atoms with E-state index in [1.165, 1.54) is 22.3 Å². The van der Waals surface area contributed by atoms with E-state index in [-0.39, 0.29) is 11.0 Å². The molecule has 146 valence electrons. The lowest BCUT2D eigenvalue weighted by Crippen LogP contribution is -2.35. The molecule has 2 nitrogen and oxygen atoms in total. The average molecular weight is 374 g/mol. The Hall–Kier alpha value is -2.74. The van der Waals surface area contributed by atoms with E-state index in [1.54, 1.807) is 7.11 Å². The van der Waals surface area contributed by atoms with Gasteiger partial charge in [0.15, 0.2) is 0 Å². The van der Waals surface area contributed by atoms with Crippen molar-refractivity contribution in [3.8, 4) is 5.75 Å². The summed E-state index contributed by atoms with van der Waals surface area (Å²) in [6.45, 7) is 13.0. The van der Waals surface area contributed by atoms with E-state index in [0.717, 1.165) is 24.3 Å². The van der Waals surface area contributed by atoms with Gasteiger partial charge in [0.25, 0.3) is 0 Å². The molecule has 0 radical (unpaired) electrons. The molecule has 0 spiro atoms. The number of methoxy groups -OCH3 is 1. The van der Waals surface area contributed by atoms with Crippen LogP contribution in [0.3, 0.4) is 0 Å². The Morgan fingerprint density at radius 1 is 1.04 bits per heavy atom. The molecule has 3 aliphatic carbocycles. The van der Waals surface area contributed by atoms with Gasteiger partial charge in [-0.2, -0.15) is 0 Å². The van der Waals surface area contributed by atoms with Crippen LogP contribution in [-0.2, 0) is 0 Å². The second-order valence-corrected chi connectivity index (χ2v) is 8.16. The standard InChI is InChI=1S/C24H27NO.C2H4/c1-23(2)21-9-7-5-6-8-19(21)20-14-15-24(3,16-22(20)23)25-17-10-12-18(26-4)13-11-17;1-2/h5-8,10-14,16,25H,9,15H2,1-4H3;1-2H2. The first-order valence-corrected chi connectivity index (χ1v) is 9.86. The second-order valence-electron chi connectivity index (χ2n) is 8.16. The van der Waals surface area contributed by atoms with Crippen molar-refractivity contribution in [3.05, 3.63) is 96.2 Å². The number of ether oxygens (including phenoxy) is 1. The Balaban J connectivity index is 0.00000109. The number of rotatable bonds is 3. The lowest BCUT2D eigenvalue weighted by Gasteiger charge is -2.35. The zero-order chi connectivity index (χ0) is 20.4. The van der Waals surface area contributed by atoms with Crippen molar-refractivity contribution in [1.29, 1.82) is 0 Å². The average Bonchev–Trinajstić information content (AvgIpc) is 2.87. The summed E-state index contributed by atoms with van der Waals surface area (Å²) in [7, 11) is 1.70. The van der Waals surface area contributed by atoms with Crippen LogP contribution in [0.25, 0.3) is 0 Å². The van der Waals surface area contributed by atoms with Crippen LogP contribution in [0, 0.1) is 5.41 Å². The van der Waals surface area contributed by atoms with Gasteiger partial charge in [-0.1, -0.05) is 50.3 Å². The minimum Gasteiger partial charge on any atom is -0.497 e. The Morgan fingerprint density at radius 2 is 1.75 bits per heavy atom. The van der Waals surface area contributed by atoms with Crippen molar-refractivity contribution in [3.63, 3.8) is 0 Å². The maximum atomic E-state index is 5.27.